The van der Waals surface area contributed by atoms with E-state index < -0.39 is 23.8 Å². The van der Waals surface area contributed by atoms with E-state index in [1.807, 2.05) is 52.0 Å². The number of methoxy groups -OCH3 is 1. The molecule has 0 heterocycles. The minimum absolute atomic E-state index is 0.183. The Bertz CT molecular complexity index is 1060. The summed E-state index contributed by atoms with van der Waals surface area (Å²) in [6.45, 7) is 13.4. The average Bonchev–Trinajstić information content (AvgIpc) is 2.86. The van der Waals surface area contributed by atoms with Gasteiger partial charge in [0.15, 0.2) is 0 Å². The number of nitrogens with one attached hydrogen (secondary N) is 2. The zero-order chi connectivity index (χ0) is 28.5. The lowest BCUT2D eigenvalue weighted by atomic mass is 9.95. The lowest BCUT2D eigenvalue weighted by molar-refractivity contribution is -0.141. The summed E-state index contributed by atoms with van der Waals surface area (Å²) in [6.07, 6.45) is 0.616. The Morgan fingerprint density at radius 3 is 2.08 bits per heavy atom. The van der Waals surface area contributed by atoms with Crippen LogP contribution in [0.2, 0.25) is 0 Å². The van der Waals surface area contributed by atoms with Crippen LogP contribution in [0.4, 0.5) is 10.5 Å². The minimum atomic E-state index is -0.905. The number of carbonyl (C=O) groups is 3. The maximum absolute atomic E-state index is 14.1. The predicted octanol–water partition coefficient (Wildman–Crippen LogP) is 5.86. The van der Waals surface area contributed by atoms with E-state index in [0.717, 1.165) is 5.56 Å². The van der Waals surface area contributed by atoms with Gasteiger partial charge in [0.05, 0.1) is 7.11 Å². The number of hydrogen-bond donors (Lipinski definition) is 2. The first-order chi connectivity index (χ1) is 17.9. The van der Waals surface area contributed by atoms with Crippen LogP contribution in [0.1, 0.15) is 71.6 Å². The van der Waals surface area contributed by atoms with Crippen LogP contribution in [0.3, 0.4) is 0 Å². The van der Waals surface area contributed by atoms with E-state index in [1.165, 1.54) is 0 Å². The Morgan fingerprint density at radius 1 is 0.974 bits per heavy atom. The van der Waals surface area contributed by atoms with Crippen molar-refractivity contribution in [1.29, 1.82) is 0 Å². The number of amides is 3. The van der Waals surface area contributed by atoms with Crippen LogP contribution in [0.15, 0.2) is 48.5 Å². The highest BCUT2D eigenvalue weighted by atomic mass is 16.6. The fourth-order valence-corrected chi connectivity index (χ4v) is 4.01. The summed E-state index contributed by atoms with van der Waals surface area (Å²) in [5.74, 6) is -0.188. The number of benzene rings is 2. The molecule has 3 amide bonds. The molecule has 2 N–H and O–H groups in total. The molecule has 0 aliphatic heterocycles. The molecule has 0 fully saturated rings. The first-order valence-electron chi connectivity index (χ1n) is 13.2. The molecule has 2 rings (SSSR count). The van der Waals surface area contributed by atoms with E-state index in [9.17, 15) is 14.4 Å². The molecule has 0 bridgehead atoms. The maximum Gasteiger partial charge on any atom is 0.408 e. The quantitative estimate of drug-likeness (QED) is 0.383. The third-order valence-electron chi connectivity index (χ3n) is 6.21. The predicted molar refractivity (Wildman–Crippen MR) is 150 cm³/mol. The molecule has 0 aliphatic carbocycles. The van der Waals surface area contributed by atoms with Gasteiger partial charge in [0.2, 0.25) is 5.91 Å². The van der Waals surface area contributed by atoms with Crippen LogP contribution >= 0.6 is 0 Å². The molecular formula is C30H43N3O5. The Kier molecular flexibility index (Phi) is 11.2. The number of nitrogens with zero attached hydrogens (tertiary/aromatic N) is 1. The molecular weight excluding hydrogens is 482 g/mol. The van der Waals surface area contributed by atoms with E-state index in [4.69, 9.17) is 9.47 Å². The standard InChI is InChI=1S/C30H43N3O5/c1-9-19-33(28(35)25(21(4)10-2)32-29(36)38-30(5,6)7)26(22-13-11-20(3)12-14-22)27(34)31-23-15-17-24(37-8)18-16-23/h11-18,21,25-26H,9-10,19H2,1-8H3,(H,31,34)(H,32,36). The SMILES string of the molecule is CCCN(C(=O)C(NC(=O)OC(C)(C)C)C(C)CC)C(C(=O)Nc1ccc(OC)cc1)c1ccc(C)cc1. The topological polar surface area (TPSA) is 97.0 Å². The van der Waals surface area contributed by atoms with Crippen molar-refractivity contribution in [2.24, 2.45) is 5.92 Å². The highest BCUT2D eigenvalue weighted by Gasteiger charge is 2.37. The summed E-state index contributed by atoms with van der Waals surface area (Å²) in [6, 6.07) is 12.8. The number of ether oxygens (including phenoxy) is 2. The number of alkyl carbamates (subject to hydrolysis) is 1. The maximum atomic E-state index is 14.1. The second kappa shape index (κ2) is 13.8. The Hall–Kier alpha value is -3.55. The molecule has 0 radical (unpaired) electrons. The van der Waals surface area contributed by atoms with Crippen molar-refractivity contribution in [1.82, 2.24) is 10.2 Å². The summed E-state index contributed by atoms with van der Waals surface area (Å²) in [4.78, 5) is 42.2. The lowest BCUT2D eigenvalue weighted by Gasteiger charge is -2.36. The molecule has 3 atom stereocenters. The van der Waals surface area contributed by atoms with Crippen LogP contribution in [0.5, 0.6) is 5.75 Å². The van der Waals surface area contributed by atoms with Gasteiger partial charge < -0.3 is 25.0 Å². The van der Waals surface area contributed by atoms with Gasteiger partial charge >= 0.3 is 6.09 Å². The Balaban J connectivity index is 2.48. The van der Waals surface area contributed by atoms with Crippen molar-refractivity contribution in [2.45, 2.75) is 79.0 Å². The molecule has 2 aromatic carbocycles. The summed E-state index contributed by atoms with van der Waals surface area (Å²) >= 11 is 0. The van der Waals surface area contributed by atoms with E-state index in [-0.39, 0.29) is 17.7 Å². The summed E-state index contributed by atoms with van der Waals surface area (Å²) < 4.78 is 10.7. The first kappa shape index (κ1) is 30.7. The summed E-state index contributed by atoms with van der Waals surface area (Å²) in [5, 5.41) is 5.74. The molecule has 0 aliphatic rings. The molecule has 0 saturated carbocycles. The highest BCUT2D eigenvalue weighted by Crippen LogP contribution is 2.27. The second-order valence-electron chi connectivity index (χ2n) is 10.6. The van der Waals surface area contributed by atoms with Crippen molar-refractivity contribution < 1.29 is 23.9 Å². The number of hydrogen-bond acceptors (Lipinski definition) is 5. The summed E-state index contributed by atoms with van der Waals surface area (Å²) in [5.41, 5.74) is 1.60. The molecule has 38 heavy (non-hydrogen) atoms. The number of rotatable bonds is 11. The largest absolute Gasteiger partial charge is 0.497 e. The number of anilines is 1. The van der Waals surface area contributed by atoms with Crippen LogP contribution in [-0.2, 0) is 14.3 Å². The first-order valence-corrected chi connectivity index (χ1v) is 13.2. The van der Waals surface area contributed by atoms with Gasteiger partial charge in [0, 0.05) is 12.2 Å². The molecule has 0 spiro atoms. The summed E-state index contributed by atoms with van der Waals surface area (Å²) in [7, 11) is 1.58. The molecule has 0 aromatic heterocycles. The van der Waals surface area contributed by atoms with E-state index in [0.29, 0.717) is 36.4 Å². The normalized spacial score (nSPS) is 13.6. The zero-order valence-electron chi connectivity index (χ0n) is 24.0. The van der Waals surface area contributed by atoms with Crippen LogP contribution in [0.25, 0.3) is 0 Å². The van der Waals surface area contributed by atoms with Crippen molar-refractivity contribution in [3.05, 3.63) is 59.7 Å². The van der Waals surface area contributed by atoms with Gasteiger partial charge in [-0.1, -0.05) is 57.0 Å². The van der Waals surface area contributed by atoms with Gasteiger partial charge in [-0.3, -0.25) is 9.59 Å². The lowest BCUT2D eigenvalue weighted by Crippen LogP contribution is -2.54. The van der Waals surface area contributed by atoms with Gasteiger partial charge in [-0.15, -0.1) is 0 Å². The number of aryl methyl sites for hydroxylation is 1. The van der Waals surface area contributed by atoms with Crippen molar-refractivity contribution >= 4 is 23.6 Å². The van der Waals surface area contributed by atoms with Gasteiger partial charge in [-0.05, 0) is 69.9 Å². The van der Waals surface area contributed by atoms with E-state index >= 15 is 0 Å². The molecule has 3 unspecified atom stereocenters. The van der Waals surface area contributed by atoms with Gasteiger partial charge in [-0.25, -0.2) is 4.79 Å². The Labute approximate surface area is 227 Å². The molecule has 0 saturated heterocycles. The molecule has 208 valence electrons. The third kappa shape index (κ3) is 8.78. The van der Waals surface area contributed by atoms with Crippen LogP contribution in [-0.4, -0.2) is 48.1 Å². The Morgan fingerprint density at radius 2 is 1.58 bits per heavy atom. The van der Waals surface area contributed by atoms with Crippen molar-refractivity contribution in [3.8, 4) is 5.75 Å². The smallest absolute Gasteiger partial charge is 0.408 e. The van der Waals surface area contributed by atoms with Crippen molar-refractivity contribution in [2.75, 3.05) is 19.0 Å². The third-order valence-corrected chi connectivity index (χ3v) is 6.21. The molecule has 8 heteroatoms. The average molecular weight is 526 g/mol. The number of carbonyl (C=O) groups excluding carboxylic acids is 3. The van der Waals surface area contributed by atoms with Crippen LogP contribution in [0, 0.1) is 12.8 Å². The van der Waals surface area contributed by atoms with Gasteiger partial charge in [0.1, 0.15) is 23.4 Å². The fourth-order valence-electron chi connectivity index (χ4n) is 4.01. The van der Waals surface area contributed by atoms with Crippen molar-refractivity contribution in [3.63, 3.8) is 0 Å². The van der Waals surface area contributed by atoms with Gasteiger partial charge in [0.25, 0.3) is 5.91 Å². The zero-order valence-corrected chi connectivity index (χ0v) is 24.0. The minimum Gasteiger partial charge on any atom is -0.497 e. The van der Waals surface area contributed by atoms with E-state index in [2.05, 4.69) is 10.6 Å². The fraction of sp³-hybridized carbons (Fsp3) is 0.500. The van der Waals surface area contributed by atoms with Crippen LogP contribution < -0.4 is 15.4 Å². The monoisotopic (exact) mass is 525 g/mol. The second-order valence-corrected chi connectivity index (χ2v) is 10.6. The van der Waals surface area contributed by atoms with Gasteiger partial charge in [-0.2, -0.15) is 0 Å². The molecule has 2 aromatic rings. The highest BCUT2D eigenvalue weighted by molar-refractivity contribution is 5.99. The van der Waals surface area contributed by atoms with E-state index in [1.54, 1.807) is 57.0 Å². The molecule has 8 nitrogen and oxygen atoms in total.